The fraction of sp³-hybridized carbons (Fsp3) is 0.200. The zero-order valence-corrected chi connectivity index (χ0v) is 14.9. The second-order valence-corrected chi connectivity index (χ2v) is 6.18. The van der Waals surface area contributed by atoms with Crippen LogP contribution in [0.15, 0.2) is 65.7 Å². The third-order valence-corrected chi connectivity index (χ3v) is 4.31. The molecule has 0 aliphatic carbocycles. The third-order valence-electron chi connectivity index (χ3n) is 4.31. The first-order valence-electron chi connectivity index (χ1n) is 8.53. The van der Waals surface area contributed by atoms with Crippen molar-refractivity contribution in [3.63, 3.8) is 0 Å². The quantitative estimate of drug-likeness (QED) is 0.669. The van der Waals surface area contributed by atoms with Crippen molar-refractivity contribution in [3.8, 4) is 11.3 Å². The summed E-state index contributed by atoms with van der Waals surface area (Å²) < 4.78 is 1.41. The van der Waals surface area contributed by atoms with Crippen LogP contribution in [-0.2, 0) is 11.8 Å². The van der Waals surface area contributed by atoms with Crippen molar-refractivity contribution in [2.75, 3.05) is 11.9 Å². The van der Waals surface area contributed by atoms with Gasteiger partial charge in [-0.1, -0.05) is 30.3 Å². The molecule has 1 atom stereocenters. The second-order valence-electron chi connectivity index (χ2n) is 6.18. The van der Waals surface area contributed by atoms with E-state index in [1.807, 2.05) is 30.3 Å². The van der Waals surface area contributed by atoms with Gasteiger partial charge in [-0.15, -0.1) is 0 Å². The lowest BCUT2D eigenvalue weighted by Gasteiger charge is -2.18. The number of benzene rings is 1. The maximum atomic E-state index is 12.3. The van der Waals surface area contributed by atoms with E-state index >= 15 is 0 Å². The Morgan fingerprint density at radius 1 is 1.19 bits per heavy atom. The second kappa shape index (κ2) is 8.27. The lowest BCUT2D eigenvalue weighted by Crippen LogP contribution is -2.24. The average molecular weight is 364 g/mol. The standard InChI is InChI=1S/C20H20N4O3/c1-24-18(25)12-17(15-7-9-21-10-8-15)23-20(24)22-13-16(11-19(26)27)14-5-3-2-4-6-14/h2-10,12,16H,11,13H2,1H3,(H,22,23)(H,26,27). The normalized spacial score (nSPS) is 11.7. The van der Waals surface area contributed by atoms with Gasteiger partial charge in [-0.05, 0) is 17.7 Å². The van der Waals surface area contributed by atoms with Crippen LogP contribution in [0.25, 0.3) is 11.3 Å². The summed E-state index contributed by atoms with van der Waals surface area (Å²) in [6, 6.07) is 14.5. The highest BCUT2D eigenvalue weighted by atomic mass is 16.4. The van der Waals surface area contributed by atoms with Crippen molar-refractivity contribution in [1.82, 2.24) is 14.5 Å². The lowest BCUT2D eigenvalue weighted by molar-refractivity contribution is -0.137. The first kappa shape index (κ1) is 18.3. The summed E-state index contributed by atoms with van der Waals surface area (Å²) in [6.45, 7) is 0.344. The SMILES string of the molecule is Cn1c(NCC(CC(=O)O)c2ccccc2)nc(-c2ccncc2)cc1=O. The van der Waals surface area contributed by atoms with E-state index in [4.69, 9.17) is 0 Å². The molecule has 0 radical (unpaired) electrons. The zero-order valence-electron chi connectivity index (χ0n) is 14.9. The van der Waals surface area contributed by atoms with Crippen molar-refractivity contribution in [2.24, 2.45) is 7.05 Å². The molecular weight excluding hydrogens is 344 g/mol. The van der Waals surface area contributed by atoms with E-state index in [0.29, 0.717) is 18.2 Å². The van der Waals surface area contributed by atoms with E-state index in [2.05, 4.69) is 15.3 Å². The molecule has 0 aliphatic rings. The summed E-state index contributed by atoms with van der Waals surface area (Å²) >= 11 is 0. The molecule has 2 N–H and O–H groups in total. The number of nitrogens with one attached hydrogen (secondary N) is 1. The lowest BCUT2D eigenvalue weighted by atomic mass is 9.96. The Labute approximate surface area is 156 Å². The van der Waals surface area contributed by atoms with Crippen LogP contribution in [0.4, 0.5) is 5.95 Å². The summed E-state index contributed by atoms with van der Waals surface area (Å²) in [5, 5.41) is 12.4. The molecule has 0 spiro atoms. The average Bonchev–Trinajstić information content (AvgIpc) is 2.69. The molecule has 0 saturated carbocycles. The largest absolute Gasteiger partial charge is 0.481 e. The number of carboxylic acid groups (broad SMARTS) is 1. The molecule has 0 amide bonds. The number of anilines is 1. The molecule has 27 heavy (non-hydrogen) atoms. The number of rotatable bonds is 7. The summed E-state index contributed by atoms with van der Waals surface area (Å²) in [6.07, 6.45) is 3.26. The van der Waals surface area contributed by atoms with Gasteiger partial charge in [0.05, 0.1) is 12.1 Å². The molecule has 2 aromatic heterocycles. The highest BCUT2D eigenvalue weighted by Crippen LogP contribution is 2.21. The van der Waals surface area contributed by atoms with Gasteiger partial charge in [-0.2, -0.15) is 0 Å². The summed E-state index contributed by atoms with van der Waals surface area (Å²) in [7, 11) is 1.63. The Kier molecular flexibility index (Phi) is 5.61. The van der Waals surface area contributed by atoms with Gasteiger partial charge in [-0.3, -0.25) is 19.1 Å². The van der Waals surface area contributed by atoms with E-state index in [9.17, 15) is 14.7 Å². The number of aromatic nitrogens is 3. The molecule has 3 rings (SSSR count). The molecule has 7 nitrogen and oxygen atoms in total. The minimum absolute atomic E-state index is 0.0188. The number of hydrogen-bond donors (Lipinski definition) is 2. The molecule has 0 saturated heterocycles. The molecule has 138 valence electrons. The van der Waals surface area contributed by atoms with Crippen LogP contribution in [0.2, 0.25) is 0 Å². The Morgan fingerprint density at radius 2 is 1.89 bits per heavy atom. The van der Waals surface area contributed by atoms with Crippen LogP contribution < -0.4 is 10.9 Å². The van der Waals surface area contributed by atoms with Gasteiger partial charge in [0.1, 0.15) is 0 Å². The Morgan fingerprint density at radius 3 is 2.56 bits per heavy atom. The molecule has 1 unspecified atom stereocenters. The van der Waals surface area contributed by atoms with Crippen molar-refractivity contribution in [1.29, 1.82) is 0 Å². The minimum atomic E-state index is -0.877. The van der Waals surface area contributed by atoms with Gasteiger partial charge in [0, 0.05) is 43.5 Å². The number of nitrogens with zero attached hydrogens (tertiary/aromatic N) is 3. The van der Waals surface area contributed by atoms with Crippen LogP contribution in [0.5, 0.6) is 0 Å². The van der Waals surface area contributed by atoms with Gasteiger partial charge >= 0.3 is 5.97 Å². The predicted molar refractivity (Wildman–Crippen MR) is 103 cm³/mol. The third kappa shape index (κ3) is 4.58. The molecule has 3 aromatic rings. The van der Waals surface area contributed by atoms with E-state index in [1.165, 1.54) is 10.6 Å². The maximum Gasteiger partial charge on any atom is 0.304 e. The number of aliphatic carboxylic acids is 1. The van der Waals surface area contributed by atoms with E-state index < -0.39 is 5.97 Å². The van der Waals surface area contributed by atoms with Gasteiger partial charge in [0.2, 0.25) is 5.95 Å². The number of carbonyl (C=O) groups is 1. The molecule has 0 bridgehead atoms. The predicted octanol–water partition coefficient (Wildman–Crippen LogP) is 2.51. The van der Waals surface area contributed by atoms with Crippen LogP contribution in [0.3, 0.4) is 0 Å². The van der Waals surface area contributed by atoms with Gasteiger partial charge < -0.3 is 10.4 Å². The zero-order chi connectivity index (χ0) is 19.2. The van der Waals surface area contributed by atoms with Crippen molar-refractivity contribution < 1.29 is 9.90 Å². The topological polar surface area (TPSA) is 97.1 Å². The molecule has 2 heterocycles. The van der Waals surface area contributed by atoms with Crippen molar-refractivity contribution in [3.05, 3.63) is 76.8 Å². The van der Waals surface area contributed by atoms with E-state index in [0.717, 1.165) is 11.1 Å². The van der Waals surface area contributed by atoms with Crippen LogP contribution in [0.1, 0.15) is 17.9 Å². The number of hydrogen-bond acceptors (Lipinski definition) is 5. The van der Waals surface area contributed by atoms with Crippen molar-refractivity contribution >= 4 is 11.9 Å². The van der Waals surface area contributed by atoms with E-state index in [-0.39, 0.29) is 17.9 Å². The van der Waals surface area contributed by atoms with Gasteiger partial charge in [0.25, 0.3) is 5.56 Å². The maximum absolute atomic E-state index is 12.3. The summed E-state index contributed by atoms with van der Waals surface area (Å²) in [4.78, 5) is 32.0. The monoisotopic (exact) mass is 364 g/mol. The smallest absolute Gasteiger partial charge is 0.304 e. The van der Waals surface area contributed by atoms with E-state index in [1.54, 1.807) is 31.6 Å². The first-order chi connectivity index (χ1) is 13.0. The molecule has 1 aromatic carbocycles. The van der Waals surface area contributed by atoms with Gasteiger partial charge in [0.15, 0.2) is 0 Å². The molecular formula is C20H20N4O3. The summed E-state index contributed by atoms with van der Waals surface area (Å²) in [5.41, 5.74) is 2.05. The molecule has 0 fully saturated rings. The Bertz CT molecular complexity index is 972. The van der Waals surface area contributed by atoms with Crippen LogP contribution in [-0.4, -0.2) is 32.2 Å². The van der Waals surface area contributed by atoms with Gasteiger partial charge in [-0.25, -0.2) is 4.98 Å². The molecule has 0 aliphatic heterocycles. The Balaban J connectivity index is 1.86. The fourth-order valence-corrected chi connectivity index (χ4v) is 2.83. The highest BCUT2D eigenvalue weighted by molar-refractivity contribution is 5.68. The number of pyridine rings is 1. The highest BCUT2D eigenvalue weighted by Gasteiger charge is 2.17. The summed E-state index contributed by atoms with van der Waals surface area (Å²) in [5.74, 6) is -0.733. The Hall–Kier alpha value is -3.48. The minimum Gasteiger partial charge on any atom is -0.481 e. The first-order valence-corrected chi connectivity index (χ1v) is 8.53. The van der Waals surface area contributed by atoms with Crippen molar-refractivity contribution in [2.45, 2.75) is 12.3 Å². The van der Waals surface area contributed by atoms with Crippen LogP contribution >= 0.6 is 0 Å². The number of carboxylic acids is 1. The van der Waals surface area contributed by atoms with Crippen LogP contribution in [0, 0.1) is 0 Å². The molecule has 7 heteroatoms. The fourth-order valence-electron chi connectivity index (χ4n) is 2.83.